The molecule has 7 rings (SSSR count). The van der Waals surface area contributed by atoms with Gasteiger partial charge in [0.25, 0.3) is 0 Å². The summed E-state index contributed by atoms with van der Waals surface area (Å²) in [6, 6.07) is 42.6. The number of nitrogens with one attached hydrogen (secondary N) is 1. The molecule has 0 amide bonds. The second-order valence-corrected chi connectivity index (χ2v) is 12.1. The SMILES string of the molecule is N#CC1(Nc2ccccc2)CCN(Cc2cccc3ccccc23)CC1.O=C1CCN(Cc2cccc3ccccc23)CC1. The molecule has 0 spiro atoms. The molecular formula is C39H40N4O. The second-order valence-electron chi connectivity index (χ2n) is 12.1. The van der Waals surface area contributed by atoms with Gasteiger partial charge in [-0.1, -0.05) is 103 Å². The van der Waals surface area contributed by atoms with Gasteiger partial charge in [0.15, 0.2) is 0 Å². The summed E-state index contributed by atoms with van der Waals surface area (Å²) in [6.07, 6.45) is 3.10. The van der Waals surface area contributed by atoms with Crippen LogP contribution in [0.2, 0.25) is 0 Å². The molecule has 5 heteroatoms. The number of hydrogen-bond donors (Lipinski definition) is 1. The summed E-state index contributed by atoms with van der Waals surface area (Å²) in [5.74, 6) is 0.407. The van der Waals surface area contributed by atoms with Gasteiger partial charge in [-0.25, -0.2) is 0 Å². The van der Waals surface area contributed by atoms with Crippen LogP contribution in [0.25, 0.3) is 21.5 Å². The first kappa shape index (κ1) is 29.6. The molecule has 2 heterocycles. The topological polar surface area (TPSA) is 59.4 Å². The highest BCUT2D eigenvalue weighted by atomic mass is 16.1. The molecule has 0 unspecified atom stereocenters. The van der Waals surface area contributed by atoms with Gasteiger partial charge in [0.2, 0.25) is 0 Å². The standard InChI is InChI=1S/C23H23N3.C16H17NO/c24-18-23(25-21-10-2-1-3-11-21)13-15-26(16-14-23)17-20-9-6-8-19-7-4-5-12-22(19)20;18-15-8-10-17(11-9-15)12-14-6-3-5-13-4-1-2-7-16(13)14/h1-12,25H,13-17H2;1-7H,8-12H2. The van der Waals surface area contributed by atoms with Crippen molar-refractivity contribution in [2.24, 2.45) is 0 Å². The van der Waals surface area contributed by atoms with Crippen LogP contribution in [-0.4, -0.2) is 47.3 Å². The van der Waals surface area contributed by atoms with Crippen LogP contribution in [0.5, 0.6) is 0 Å². The third-order valence-corrected chi connectivity index (χ3v) is 9.04. The normalized spacial score (nSPS) is 17.0. The highest BCUT2D eigenvalue weighted by molar-refractivity contribution is 5.86. The molecule has 222 valence electrons. The van der Waals surface area contributed by atoms with Crippen LogP contribution in [0.1, 0.15) is 36.8 Å². The van der Waals surface area contributed by atoms with E-state index in [9.17, 15) is 10.1 Å². The van der Waals surface area contributed by atoms with E-state index in [1.165, 1.54) is 32.7 Å². The number of para-hydroxylation sites is 1. The number of likely N-dealkylation sites (tertiary alicyclic amines) is 2. The monoisotopic (exact) mass is 580 g/mol. The number of benzene rings is 5. The van der Waals surface area contributed by atoms with Crippen LogP contribution in [0.15, 0.2) is 115 Å². The summed E-state index contributed by atoms with van der Waals surface area (Å²) in [7, 11) is 0. The Labute approximate surface area is 260 Å². The van der Waals surface area contributed by atoms with Gasteiger partial charge < -0.3 is 5.32 Å². The number of Topliss-reactive ketones (excluding diaryl/α,β-unsaturated/α-hetero) is 1. The lowest BCUT2D eigenvalue weighted by molar-refractivity contribution is -0.121. The van der Waals surface area contributed by atoms with E-state index in [1.807, 2.05) is 30.3 Å². The van der Waals surface area contributed by atoms with Crippen molar-refractivity contribution in [1.29, 1.82) is 5.26 Å². The predicted molar refractivity (Wildman–Crippen MR) is 180 cm³/mol. The van der Waals surface area contributed by atoms with E-state index >= 15 is 0 Å². The highest BCUT2D eigenvalue weighted by Gasteiger charge is 2.34. The summed E-state index contributed by atoms with van der Waals surface area (Å²) in [6.45, 7) is 5.56. The van der Waals surface area contributed by atoms with E-state index < -0.39 is 5.54 Å². The fourth-order valence-electron chi connectivity index (χ4n) is 6.46. The molecule has 0 bridgehead atoms. The Bertz CT molecular complexity index is 1730. The van der Waals surface area contributed by atoms with E-state index in [2.05, 4.69) is 106 Å². The maximum atomic E-state index is 11.2. The number of anilines is 1. The highest BCUT2D eigenvalue weighted by Crippen LogP contribution is 2.29. The van der Waals surface area contributed by atoms with E-state index in [-0.39, 0.29) is 0 Å². The fourth-order valence-corrected chi connectivity index (χ4v) is 6.46. The Hall–Kier alpha value is -4.50. The molecule has 44 heavy (non-hydrogen) atoms. The van der Waals surface area contributed by atoms with Gasteiger partial charge in [-0.05, 0) is 57.6 Å². The lowest BCUT2D eigenvalue weighted by Crippen LogP contribution is -2.48. The quantitative estimate of drug-likeness (QED) is 0.222. The smallest absolute Gasteiger partial charge is 0.135 e. The minimum Gasteiger partial charge on any atom is -0.367 e. The third-order valence-electron chi connectivity index (χ3n) is 9.04. The maximum Gasteiger partial charge on any atom is 0.135 e. The van der Waals surface area contributed by atoms with E-state index in [4.69, 9.17) is 0 Å². The Morgan fingerprint density at radius 2 is 1.09 bits per heavy atom. The Balaban J connectivity index is 0.000000167. The van der Waals surface area contributed by atoms with Gasteiger partial charge in [0.05, 0.1) is 6.07 Å². The van der Waals surface area contributed by atoms with Crippen LogP contribution < -0.4 is 5.32 Å². The number of nitriles is 1. The van der Waals surface area contributed by atoms with Crippen LogP contribution in [-0.2, 0) is 17.9 Å². The molecule has 5 aromatic rings. The van der Waals surface area contributed by atoms with E-state index in [1.54, 1.807) is 0 Å². The minimum absolute atomic E-state index is 0.407. The third kappa shape index (κ3) is 7.17. The summed E-state index contributed by atoms with van der Waals surface area (Å²) >= 11 is 0. The molecule has 5 aromatic carbocycles. The van der Waals surface area contributed by atoms with Gasteiger partial charge in [-0.15, -0.1) is 0 Å². The van der Waals surface area contributed by atoms with Crippen LogP contribution >= 0.6 is 0 Å². The van der Waals surface area contributed by atoms with Crippen molar-refractivity contribution >= 4 is 33.0 Å². The number of carbonyl (C=O) groups excluding carboxylic acids is 1. The second kappa shape index (κ2) is 13.9. The van der Waals surface area contributed by atoms with Gasteiger partial charge in [0.1, 0.15) is 11.3 Å². The molecule has 2 fully saturated rings. The Morgan fingerprint density at radius 3 is 1.64 bits per heavy atom. The molecule has 2 aliphatic heterocycles. The predicted octanol–water partition coefficient (Wildman–Crippen LogP) is 7.81. The summed E-state index contributed by atoms with van der Waals surface area (Å²) in [5, 5.41) is 18.5. The van der Waals surface area contributed by atoms with Gasteiger partial charge in [-0.2, -0.15) is 5.26 Å². The van der Waals surface area contributed by atoms with Crippen molar-refractivity contribution in [3.63, 3.8) is 0 Å². The summed E-state index contributed by atoms with van der Waals surface area (Å²) < 4.78 is 0. The minimum atomic E-state index is -0.462. The molecule has 0 aromatic heterocycles. The largest absolute Gasteiger partial charge is 0.367 e. The van der Waals surface area contributed by atoms with Crippen LogP contribution in [0.3, 0.4) is 0 Å². The summed E-state index contributed by atoms with van der Waals surface area (Å²) in [4.78, 5) is 16.1. The number of piperidine rings is 2. The number of hydrogen-bond acceptors (Lipinski definition) is 5. The number of carbonyl (C=O) groups is 1. The Kier molecular flexibility index (Phi) is 9.31. The van der Waals surface area contributed by atoms with Crippen molar-refractivity contribution < 1.29 is 4.79 Å². The molecule has 0 radical (unpaired) electrons. The van der Waals surface area contributed by atoms with Crippen LogP contribution in [0, 0.1) is 11.3 Å². The van der Waals surface area contributed by atoms with E-state index in [0.29, 0.717) is 18.6 Å². The molecule has 1 N–H and O–H groups in total. The molecule has 2 saturated heterocycles. The van der Waals surface area contributed by atoms with Crippen molar-refractivity contribution in [3.05, 3.63) is 126 Å². The molecule has 5 nitrogen and oxygen atoms in total. The molecule has 0 atom stereocenters. The number of nitrogens with zero attached hydrogens (tertiary/aromatic N) is 3. The van der Waals surface area contributed by atoms with Crippen molar-refractivity contribution in [1.82, 2.24) is 9.80 Å². The van der Waals surface area contributed by atoms with Gasteiger partial charge in [0, 0.05) is 57.8 Å². The fraction of sp³-hybridized carbons (Fsp3) is 0.282. The zero-order valence-corrected chi connectivity index (χ0v) is 25.3. The Morgan fingerprint density at radius 1 is 0.614 bits per heavy atom. The average Bonchev–Trinajstić information content (AvgIpc) is 3.08. The van der Waals surface area contributed by atoms with Crippen LogP contribution in [0.4, 0.5) is 5.69 Å². The first-order valence-electron chi connectivity index (χ1n) is 15.7. The van der Waals surface area contributed by atoms with Crippen molar-refractivity contribution in [2.75, 3.05) is 31.5 Å². The first-order chi connectivity index (χ1) is 21.6. The maximum absolute atomic E-state index is 11.2. The van der Waals surface area contributed by atoms with Gasteiger partial charge in [-0.3, -0.25) is 14.6 Å². The van der Waals surface area contributed by atoms with Gasteiger partial charge >= 0.3 is 0 Å². The van der Waals surface area contributed by atoms with E-state index in [0.717, 1.165) is 57.8 Å². The lowest BCUT2D eigenvalue weighted by atomic mass is 9.88. The molecule has 0 saturated carbocycles. The number of ketones is 1. The number of fused-ring (bicyclic) bond motifs is 2. The zero-order valence-electron chi connectivity index (χ0n) is 25.3. The van der Waals surface area contributed by atoms with Crippen molar-refractivity contribution in [2.45, 2.75) is 44.3 Å². The lowest BCUT2D eigenvalue weighted by Gasteiger charge is -2.38. The molecular weight excluding hydrogens is 540 g/mol. The molecule has 0 aliphatic carbocycles. The number of rotatable bonds is 6. The summed E-state index contributed by atoms with van der Waals surface area (Å²) in [5.41, 5.74) is 3.29. The van der Waals surface area contributed by atoms with Crippen molar-refractivity contribution in [3.8, 4) is 6.07 Å². The molecule has 2 aliphatic rings. The first-order valence-corrected chi connectivity index (χ1v) is 15.7. The zero-order chi connectivity index (χ0) is 30.2. The average molecular weight is 581 g/mol.